The summed E-state index contributed by atoms with van der Waals surface area (Å²) in [5.41, 5.74) is -0.197. The van der Waals surface area contributed by atoms with E-state index in [1.165, 1.54) is 30.5 Å². The van der Waals surface area contributed by atoms with Crippen molar-refractivity contribution in [3.63, 3.8) is 0 Å². The normalized spacial score (nSPS) is 25.1. The van der Waals surface area contributed by atoms with E-state index in [0.717, 1.165) is 64.5 Å². The number of sulfone groups is 1. The molecule has 4 fully saturated rings. The Bertz CT molecular complexity index is 2170. The minimum atomic E-state index is -3.00. The first kappa shape index (κ1) is 34.9. The van der Waals surface area contributed by atoms with Crippen LogP contribution in [-0.2, 0) is 14.6 Å². The fraction of sp³-hybridized carbons (Fsp3) is 0.513. The predicted octanol–water partition coefficient (Wildman–Crippen LogP) is 5.88. The van der Waals surface area contributed by atoms with Crippen molar-refractivity contribution >= 4 is 37.3 Å². The Hall–Kier alpha value is -4.12. The lowest BCUT2D eigenvalue weighted by Gasteiger charge is -2.47. The van der Waals surface area contributed by atoms with E-state index in [0.29, 0.717) is 49.5 Å². The second kappa shape index (κ2) is 14.0. The van der Waals surface area contributed by atoms with Crippen LogP contribution in [0.3, 0.4) is 0 Å². The summed E-state index contributed by atoms with van der Waals surface area (Å²) >= 11 is 0. The lowest BCUT2D eigenvalue weighted by atomic mass is 9.75. The van der Waals surface area contributed by atoms with Crippen molar-refractivity contribution in [3.8, 4) is 35.4 Å². The molecule has 3 aliphatic heterocycles. The number of piperidine rings is 1. The SMILES string of the molecule is C#Cc1c(F)ccc2cc(O)cc(-c3ncc4c(N5CCCOCC5)nc(OC[C@]56CCC[C@H]5N(CC5CCCS(=O)(=O)C5)CCC6)nc4c3F)c12. The number of aromatic nitrogens is 3. The monoisotopic (exact) mass is 731 g/mol. The topological polar surface area (TPSA) is 118 Å². The zero-order valence-electron chi connectivity index (χ0n) is 29.1. The highest BCUT2D eigenvalue weighted by Gasteiger charge is 2.49. The third-order valence-electron chi connectivity index (χ3n) is 11.6. The third kappa shape index (κ3) is 6.54. The summed E-state index contributed by atoms with van der Waals surface area (Å²) in [6.07, 6.45) is 14.6. The molecule has 13 heteroatoms. The zero-order valence-corrected chi connectivity index (χ0v) is 29.9. The molecule has 2 aromatic carbocycles. The maximum absolute atomic E-state index is 17.0. The molecule has 3 atom stereocenters. The number of nitrogens with zero attached hydrogens (tertiary/aromatic N) is 5. The molecule has 3 saturated heterocycles. The summed E-state index contributed by atoms with van der Waals surface area (Å²) in [7, 11) is -3.00. The summed E-state index contributed by atoms with van der Waals surface area (Å²) in [6.45, 7) is 4.32. The van der Waals surface area contributed by atoms with E-state index in [4.69, 9.17) is 20.9 Å². The maximum atomic E-state index is 17.0. The first-order valence-corrected chi connectivity index (χ1v) is 20.2. The zero-order chi connectivity index (χ0) is 36.0. The molecule has 1 saturated carbocycles. The average Bonchev–Trinajstić information content (AvgIpc) is 3.37. The number of rotatable bonds is 7. The van der Waals surface area contributed by atoms with Gasteiger partial charge in [0.1, 0.15) is 28.6 Å². The van der Waals surface area contributed by atoms with Crippen molar-refractivity contribution < 1.29 is 31.8 Å². The molecule has 0 amide bonds. The molecule has 0 radical (unpaired) electrons. The molecule has 1 unspecified atom stereocenters. The lowest BCUT2D eigenvalue weighted by molar-refractivity contribution is -0.00689. The largest absolute Gasteiger partial charge is 0.508 e. The molecule has 274 valence electrons. The van der Waals surface area contributed by atoms with Crippen molar-refractivity contribution in [1.29, 1.82) is 0 Å². The van der Waals surface area contributed by atoms with Crippen molar-refractivity contribution in [1.82, 2.24) is 19.9 Å². The van der Waals surface area contributed by atoms with E-state index < -0.39 is 21.5 Å². The summed E-state index contributed by atoms with van der Waals surface area (Å²) in [5.74, 6) is 2.01. The van der Waals surface area contributed by atoms with Crippen molar-refractivity contribution in [3.05, 3.63) is 47.7 Å². The van der Waals surface area contributed by atoms with Gasteiger partial charge in [0.15, 0.2) is 15.7 Å². The van der Waals surface area contributed by atoms with Crippen LogP contribution in [0.25, 0.3) is 32.9 Å². The van der Waals surface area contributed by atoms with Gasteiger partial charge in [-0.1, -0.05) is 18.4 Å². The number of halogens is 2. The molecule has 1 N–H and O–H groups in total. The number of phenols is 1. The Morgan fingerprint density at radius 2 is 1.92 bits per heavy atom. The molecule has 1 aliphatic carbocycles. The molecule has 0 spiro atoms. The van der Waals surface area contributed by atoms with Gasteiger partial charge in [0.05, 0.1) is 35.7 Å². The van der Waals surface area contributed by atoms with Crippen molar-refractivity contribution in [2.75, 3.05) is 62.4 Å². The number of ether oxygens (including phenoxy) is 2. The second-order valence-corrected chi connectivity index (χ2v) is 17.1. The summed E-state index contributed by atoms with van der Waals surface area (Å²) in [4.78, 5) is 18.6. The quantitative estimate of drug-likeness (QED) is 0.231. The Morgan fingerprint density at radius 3 is 2.77 bits per heavy atom. The van der Waals surface area contributed by atoms with E-state index >= 15 is 4.39 Å². The van der Waals surface area contributed by atoms with Crippen LogP contribution >= 0.6 is 0 Å². The minimum absolute atomic E-state index is 0.00503. The molecule has 8 rings (SSSR count). The Morgan fingerprint density at radius 1 is 1.06 bits per heavy atom. The lowest BCUT2D eigenvalue weighted by Crippen LogP contribution is -2.53. The Kier molecular flexibility index (Phi) is 9.42. The van der Waals surface area contributed by atoms with E-state index in [1.807, 2.05) is 4.90 Å². The van der Waals surface area contributed by atoms with E-state index in [2.05, 4.69) is 20.8 Å². The summed E-state index contributed by atoms with van der Waals surface area (Å²) < 4.78 is 69.0. The molecule has 0 bridgehead atoms. The van der Waals surface area contributed by atoms with Crippen LogP contribution in [0.4, 0.5) is 14.6 Å². The van der Waals surface area contributed by atoms with Gasteiger partial charge in [-0.05, 0) is 81.0 Å². The van der Waals surface area contributed by atoms with Gasteiger partial charge in [0, 0.05) is 54.8 Å². The van der Waals surface area contributed by atoms with Gasteiger partial charge in [-0.15, -0.1) is 6.42 Å². The molecule has 2 aromatic heterocycles. The fourth-order valence-corrected chi connectivity index (χ4v) is 11.0. The molecule has 5 heterocycles. The Balaban J connectivity index is 1.17. The number of likely N-dealkylation sites (tertiary alicyclic amines) is 1. The highest BCUT2D eigenvalue weighted by molar-refractivity contribution is 7.91. The molecule has 52 heavy (non-hydrogen) atoms. The number of aromatic hydroxyl groups is 1. The van der Waals surface area contributed by atoms with Crippen LogP contribution < -0.4 is 9.64 Å². The highest BCUT2D eigenvalue weighted by atomic mass is 32.2. The first-order valence-electron chi connectivity index (χ1n) is 18.3. The molecule has 4 aliphatic rings. The number of hydrogen-bond acceptors (Lipinski definition) is 10. The van der Waals surface area contributed by atoms with Crippen LogP contribution in [0.5, 0.6) is 11.8 Å². The van der Waals surface area contributed by atoms with Crippen molar-refractivity contribution in [2.45, 2.75) is 57.4 Å². The summed E-state index contributed by atoms with van der Waals surface area (Å²) in [6, 6.07) is 5.80. The fourth-order valence-electron chi connectivity index (χ4n) is 9.26. The second-order valence-electron chi connectivity index (χ2n) is 14.9. The smallest absolute Gasteiger partial charge is 0.319 e. The molecule has 10 nitrogen and oxygen atoms in total. The van der Waals surface area contributed by atoms with E-state index in [-0.39, 0.29) is 68.4 Å². The Labute approximate surface area is 302 Å². The number of terminal acetylenes is 1. The van der Waals surface area contributed by atoms with Gasteiger partial charge in [-0.2, -0.15) is 9.97 Å². The van der Waals surface area contributed by atoms with Crippen LogP contribution in [0.1, 0.15) is 56.9 Å². The average molecular weight is 732 g/mol. The van der Waals surface area contributed by atoms with Crippen LogP contribution in [0, 0.1) is 35.3 Å². The van der Waals surface area contributed by atoms with Gasteiger partial charge in [-0.3, -0.25) is 9.88 Å². The van der Waals surface area contributed by atoms with Crippen LogP contribution in [0.15, 0.2) is 30.5 Å². The molecule has 4 aromatic rings. The highest BCUT2D eigenvalue weighted by Crippen LogP contribution is 2.48. The number of anilines is 1. The first-order chi connectivity index (χ1) is 25.1. The predicted molar refractivity (Wildman–Crippen MR) is 195 cm³/mol. The van der Waals surface area contributed by atoms with Gasteiger partial charge >= 0.3 is 6.01 Å². The van der Waals surface area contributed by atoms with Gasteiger partial charge in [0.2, 0.25) is 0 Å². The number of hydrogen-bond donors (Lipinski definition) is 1. The van der Waals surface area contributed by atoms with Crippen molar-refractivity contribution in [2.24, 2.45) is 11.3 Å². The summed E-state index contributed by atoms with van der Waals surface area (Å²) in [5, 5.41) is 11.7. The third-order valence-corrected chi connectivity index (χ3v) is 13.5. The number of pyridine rings is 1. The van der Waals surface area contributed by atoms with Crippen LogP contribution in [0.2, 0.25) is 0 Å². The van der Waals surface area contributed by atoms with Gasteiger partial charge in [-0.25, -0.2) is 17.2 Å². The molecular weight excluding hydrogens is 689 g/mol. The molecular formula is C39H43F2N5O5S. The minimum Gasteiger partial charge on any atom is -0.508 e. The van der Waals surface area contributed by atoms with E-state index in [9.17, 15) is 17.9 Å². The maximum Gasteiger partial charge on any atom is 0.319 e. The van der Waals surface area contributed by atoms with Gasteiger partial charge in [0.25, 0.3) is 0 Å². The van der Waals surface area contributed by atoms with E-state index in [1.54, 1.807) is 0 Å². The number of phenolic OH excluding ortho intramolecular Hbond substituents is 1. The van der Waals surface area contributed by atoms with Gasteiger partial charge < -0.3 is 19.5 Å². The number of fused-ring (bicyclic) bond motifs is 3. The van der Waals surface area contributed by atoms with Crippen LogP contribution in [-0.4, -0.2) is 96.9 Å². The number of benzene rings is 2. The standard InChI is InChI=1S/C39H43F2N5O5S/c1-2-28-31(40)10-9-26-19-27(47)20-29(33(26)28)35-34(41)36-30(21-42-35)37(45-14-6-16-50-17-15-45)44-38(43-36)51-24-39-11-3-8-32(39)46(13-5-12-39)22-25-7-4-18-52(48,49)23-25/h1,9-10,19-21,25,32,47H,3-8,11-18,22-24H2/t25?,32-,39-/m1/s1.